The number of carbonyl (C=O) groups is 2. The van der Waals surface area contributed by atoms with Gasteiger partial charge in [0.15, 0.2) is 0 Å². The first-order chi connectivity index (χ1) is 5.11. The lowest BCUT2D eigenvalue weighted by atomic mass is 10.5. The summed E-state index contributed by atoms with van der Waals surface area (Å²) in [5.74, 6) is -0.607. The minimum Gasteiger partial charge on any atom is -0.480 e. The molecule has 0 saturated carbocycles. The SMILES string of the molecule is O=C(O)CN1C(=O)SCC1=S. The molecule has 1 amide bonds. The molecule has 1 rings (SSSR count). The van der Waals surface area contributed by atoms with Crippen LogP contribution in [0.15, 0.2) is 0 Å². The third-order valence-corrected chi connectivity index (χ3v) is 2.57. The van der Waals surface area contributed by atoms with Crippen molar-refractivity contribution in [1.29, 1.82) is 0 Å². The number of amides is 1. The van der Waals surface area contributed by atoms with Crippen molar-refractivity contribution in [3.05, 3.63) is 0 Å². The van der Waals surface area contributed by atoms with Crippen LogP contribution in [0.2, 0.25) is 0 Å². The molecule has 0 bridgehead atoms. The molecule has 1 saturated heterocycles. The molecule has 1 aliphatic heterocycles. The highest BCUT2D eigenvalue weighted by atomic mass is 32.2. The van der Waals surface area contributed by atoms with Crippen LogP contribution in [0.5, 0.6) is 0 Å². The minimum atomic E-state index is -1.04. The van der Waals surface area contributed by atoms with Crippen LogP contribution in [-0.2, 0) is 4.79 Å². The van der Waals surface area contributed by atoms with Crippen LogP contribution in [0.1, 0.15) is 0 Å². The van der Waals surface area contributed by atoms with Crippen LogP contribution in [0.25, 0.3) is 0 Å². The molecule has 0 unspecified atom stereocenters. The fourth-order valence-electron chi connectivity index (χ4n) is 0.669. The van der Waals surface area contributed by atoms with E-state index < -0.39 is 5.97 Å². The second kappa shape index (κ2) is 3.19. The molecule has 0 aromatic heterocycles. The van der Waals surface area contributed by atoms with Crippen LogP contribution in [0.4, 0.5) is 4.79 Å². The number of hydrogen-bond acceptors (Lipinski definition) is 4. The first-order valence-electron chi connectivity index (χ1n) is 2.80. The zero-order valence-corrected chi connectivity index (χ0v) is 7.07. The molecular formula is C5H5NO3S2. The smallest absolute Gasteiger partial charge is 0.323 e. The van der Waals surface area contributed by atoms with Gasteiger partial charge in [-0.05, 0) is 0 Å². The summed E-state index contributed by atoms with van der Waals surface area (Å²) in [6.07, 6.45) is 0. The molecule has 60 valence electrons. The summed E-state index contributed by atoms with van der Waals surface area (Å²) in [5, 5.41) is 8.08. The molecule has 0 aliphatic carbocycles. The Morgan fingerprint density at radius 1 is 1.82 bits per heavy atom. The molecule has 1 heterocycles. The van der Waals surface area contributed by atoms with Crippen LogP contribution < -0.4 is 0 Å². The van der Waals surface area contributed by atoms with Crippen molar-refractivity contribution in [2.24, 2.45) is 0 Å². The Labute approximate surface area is 72.6 Å². The van der Waals surface area contributed by atoms with E-state index in [4.69, 9.17) is 17.3 Å². The molecule has 0 aromatic rings. The first-order valence-corrected chi connectivity index (χ1v) is 4.19. The third kappa shape index (κ3) is 1.90. The largest absolute Gasteiger partial charge is 0.480 e. The van der Waals surface area contributed by atoms with Crippen molar-refractivity contribution in [3.63, 3.8) is 0 Å². The lowest BCUT2D eigenvalue weighted by Gasteiger charge is -2.10. The highest BCUT2D eigenvalue weighted by Crippen LogP contribution is 2.19. The number of thioether (sulfide) groups is 1. The Kier molecular flexibility index (Phi) is 2.45. The third-order valence-electron chi connectivity index (χ3n) is 1.13. The lowest BCUT2D eigenvalue weighted by Crippen LogP contribution is -2.32. The average molecular weight is 191 g/mol. The average Bonchev–Trinajstić information content (AvgIpc) is 2.18. The Morgan fingerprint density at radius 2 is 2.45 bits per heavy atom. The number of carboxylic acid groups (broad SMARTS) is 1. The summed E-state index contributed by atoms with van der Waals surface area (Å²) in [7, 11) is 0. The molecule has 1 N–H and O–H groups in total. The van der Waals surface area contributed by atoms with Crippen LogP contribution in [-0.4, -0.2) is 38.5 Å². The van der Waals surface area contributed by atoms with Gasteiger partial charge in [0, 0.05) is 0 Å². The number of aliphatic carboxylic acids is 1. The predicted octanol–water partition coefficient (Wildman–Crippen LogP) is 0.567. The quantitative estimate of drug-likeness (QED) is 0.646. The van der Waals surface area contributed by atoms with E-state index in [-0.39, 0.29) is 11.8 Å². The van der Waals surface area contributed by atoms with Gasteiger partial charge in [0.1, 0.15) is 6.54 Å². The maximum atomic E-state index is 10.9. The lowest BCUT2D eigenvalue weighted by molar-refractivity contribution is -0.136. The predicted molar refractivity (Wildman–Crippen MR) is 44.8 cm³/mol. The Bertz CT molecular complexity index is 212. The molecule has 6 heteroatoms. The van der Waals surface area contributed by atoms with Crippen molar-refractivity contribution in [3.8, 4) is 0 Å². The number of nitrogens with zero attached hydrogens (tertiary/aromatic N) is 1. The van der Waals surface area contributed by atoms with Crippen LogP contribution in [0, 0.1) is 0 Å². The van der Waals surface area contributed by atoms with Gasteiger partial charge in [-0.1, -0.05) is 24.0 Å². The number of carboxylic acids is 1. The molecule has 0 spiro atoms. The molecular weight excluding hydrogens is 186 g/mol. The topological polar surface area (TPSA) is 57.6 Å². The molecule has 1 fully saturated rings. The van der Waals surface area contributed by atoms with Gasteiger partial charge in [0.2, 0.25) is 0 Å². The van der Waals surface area contributed by atoms with Gasteiger partial charge in [-0.15, -0.1) is 0 Å². The van der Waals surface area contributed by atoms with Gasteiger partial charge in [-0.3, -0.25) is 14.5 Å². The van der Waals surface area contributed by atoms with Gasteiger partial charge in [0.25, 0.3) is 5.24 Å². The van der Waals surface area contributed by atoms with Crippen molar-refractivity contribution < 1.29 is 14.7 Å². The zero-order chi connectivity index (χ0) is 8.43. The van der Waals surface area contributed by atoms with Gasteiger partial charge < -0.3 is 5.11 Å². The van der Waals surface area contributed by atoms with E-state index in [1.165, 1.54) is 0 Å². The Morgan fingerprint density at radius 3 is 2.82 bits per heavy atom. The summed E-state index contributed by atoms with van der Waals surface area (Å²) < 4.78 is 0. The summed E-state index contributed by atoms with van der Waals surface area (Å²) >= 11 is 5.79. The summed E-state index contributed by atoms with van der Waals surface area (Å²) in [6, 6.07) is 0. The summed E-state index contributed by atoms with van der Waals surface area (Å²) in [4.78, 5) is 22.5. The first kappa shape index (κ1) is 8.48. The van der Waals surface area contributed by atoms with Crippen LogP contribution in [0.3, 0.4) is 0 Å². The Hall–Kier alpha value is -0.620. The van der Waals surface area contributed by atoms with E-state index in [1.807, 2.05) is 0 Å². The number of carbonyl (C=O) groups excluding carboxylic acids is 1. The monoisotopic (exact) mass is 191 g/mol. The highest BCUT2D eigenvalue weighted by molar-refractivity contribution is 8.15. The fraction of sp³-hybridized carbons (Fsp3) is 0.400. The van der Waals surface area contributed by atoms with E-state index in [0.29, 0.717) is 10.7 Å². The normalized spacial score (nSPS) is 17.6. The maximum absolute atomic E-state index is 10.9. The molecule has 0 radical (unpaired) electrons. The Balaban J connectivity index is 2.62. The van der Waals surface area contributed by atoms with Gasteiger partial charge in [-0.25, -0.2) is 0 Å². The molecule has 0 atom stereocenters. The van der Waals surface area contributed by atoms with Crippen LogP contribution >= 0.6 is 24.0 Å². The van der Waals surface area contributed by atoms with E-state index in [9.17, 15) is 9.59 Å². The van der Waals surface area contributed by atoms with Crippen molar-refractivity contribution in [2.75, 3.05) is 12.3 Å². The summed E-state index contributed by atoms with van der Waals surface area (Å²) in [5.41, 5.74) is 0. The van der Waals surface area contributed by atoms with Gasteiger partial charge in [0.05, 0.1) is 10.7 Å². The number of rotatable bonds is 2. The van der Waals surface area contributed by atoms with Crippen molar-refractivity contribution in [2.45, 2.75) is 0 Å². The van der Waals surface area contributed by atoms with Crippen molar-refractivity contribution >= 4 is 40.2 Å². The van der Waals surface area contributed by atoms with Crippen molar-refractivity contribution in [1.82, 2.24) is 4.90 Å². The van der Waals surface area contributed by atoms with E-state index in [0.717, 1.165) is 16.7 Å². The second-order valence-electron chi connectivity index (χ2n) is 1.93. The van der Waals surface area contributed by atoms with E-state index in [1.54, 1.807) is 0 Å². The van der Waals surface area contributed by atoms with Gasteiger partial charge in [-0.2, -0.15) is 0 Å². The minimum absolute atomic E-state index is 0.266. The maximum Gasteiger partial charge on any atom is 0.323 e. The highest BCUT2D eigenvalue weighted by Gasteiger charge is 2.27. The standard InChI is InChI=1S/C5H5NO3S2/c7-4(8)1-6-3(10)2-11-5(6)9/h1-2H2,(H,7,8). The van der Waals surface area contributed by atoms with E-state index in [2.05, 4.69) is 0 Å². The zero-order valence-electron chi connectivity index (χ0n) is 5.44. The van der Waals surface area contributed by atoms with E-state index >= 15 is 0 Å². The molecule has 11 heavy (non-hydrogen) atoms. The second-order valence-corrected chi connectivity index (χ2v) is 3.33. The van der Waals surface area contributed by atoms with Gasteiger partial charge >= 0.3 is 5.97 Å². The summed E-state index contributed by atoms with van der Waals surface area (Å²) in [6.45, 7) is -0.315. The number of thiocarbonyl (C=S) groups is 1. The molecule has 4 nitrogen and oxygen atoms in total. The fourth-order valence-corrected chi connectivity index (χ4v) is 1.78. The number of hydrogen-bond donors (Lipinski definition) is 1. The molecule has 1 aliphatic rings. The molecule has 0 aromatic carbocycles.